The lowest BCUT2D eigenvalue weighted by Gasteiger charge is -2.40. The van der Waals surface area contributed by atoms with E-state index in [1.165, 1.54) is 24.9 Å². The third kappa shape index (κ3) is 8.03. The number of benzene rings is 1. The van der Waals surface area contributed by atoms with Gasteiger partial charge in [-0.25, -0.2) is 4.79 Å². The molecule has 10 heteroatoms. The number of aliphatic hydroxyl groups is 2. The smallest absolute Gasteiger partial charge is 0.328 e. The van der Waals surface area contributed by atoms with E-state index in [-0.39, 0.29) is 17.3 Å². The van der Waals surface area contributed by atoms with Gasteiger partial charge in [0.15, 0.2) is 6.29 Å². The number of nitrogens with zero attached hydrogens (tertiary/aromatic N) is 1. The summed E-state index contributed by atoms with van der Waals surface area (Å²) in [7, 11) is 1.41. The predicted molar refractivity (Wildman–Crippen MR) is 119 cm³/mol. The lowest BCUT2D eigenvalue weighted by molar-refractivity contribution is -0.268. The molecule has 1 fully saturated rings. The number of methoxy groups -OCH3 is 1. The van der Waals surface area contributed by atoms with E-state index in [1.54, 1.807) is 26.0 Å². The van der Waals surface area contributed by atoms with Gasteiger partial charge in [0, 0.05) is 36.5 Å². The highest BCUT2D eigenvalue weighted by atomic mass is 35.5. The van der Waals surface area contributed by atoms with Crippen molar-refractivity contribution in [3.05, 3.63) is 46.5 Å². The summed E-state index contributed by atoms with van der Waals surface area (Å²) in [5, 5.41) is 29.9. The molecule has 1 aromatic rings. The summed E-state index contributed by atoms with van der Waals surface area (Å²) in [6, 6.07) is 6.64. The van der Waals surface area contributed by atoms with Gasteiger partial charge in [0.05, 0.1) is 18.1 Å². The van der Waals surface area contributed by atoms with E-state index < -0.39 is 24.8 Å². The first-order valence-corrected chi connectivity index (χ1v) is 11.3. The number of ether oxygens (including phenoxy) is 3. The minimum Gasteiger partial charge on any atom is -0.478 e. The molecule has 1 aliphatic rings. The van der Waals surface area contributed by atoms with Gasteiger partial charge in [0.1, 0.15) is 0 Å². The number of aliphatic hydroxyl groups excluding tert-OH is 2. The summed E-state index contributed by atoms with van der Waals surface area (Å²) in [6.45, 7) is 3.13. The van der Waals surface area contributed by atoms with Crippen LogP contribution in [-0.4, -0.2) is 76.4 Å². The molecule has 0 amide bonds. The van der Waals surface area contributed by atoms with Crippen LogP contribution in [0.5, 0.6) is 0 Å². The number of carbonyl (C=O) groups is 1. The summed E-state index contributed by atoms with van der Waals surface area (Å²) in [4.78, 5) is 13.4. The van der Waals surface area contributed by atoms with Crippen LogP contribution in [0.15, 0.2) is 35.9 Å². The number of halogens is 1. The molecule has 31 heavy (non-hydrogen) atoms. The van der Waals surface area contributed by atoms with Gasteiger partial charge in [-0.1, -0.05) is 29.8 Å². The molecule has 174 valence electrons. The molecular weight excluding hydrogens is 446 g/mol. The van der Waals surface area contributed by atoms with Crippen molar-refractivity contribution in [1.82, 2.24) is 4.90 Å². The van der Waals surface area contributed by atoms with Crippen LogP contribution < -0.4 is 0 Å². The van der Waals surface area contributed by atoms with Crippen molar-refractivity contribution < 1.29 is 34.3 Å². The third-order valence-corrected chi connectivity index (χ3v) is 6.34. The van der Waals surface area contributed by atoms with E-state index in [2.05, 4.69) is 0 Å². The molecule has 8 nitrogen and oxygen atoms in total. The van der Waals surface area contributed by atoms with Crippen LogP contribution >= 0.6 is 23.4 Å². The summed E-state index contributed by atoms with van der Waals surface area (Å²) in [5.74, 6) is -0.905. The maximum Gasteiger partial charge on any atom is 0.328 e. The second kappa shape index (κ2) is 12.8. The van der Waals surface area contributed by atoms with Gasteiger partial charge in [-0.05, 0) is 37.5 Å². The average molecular weight is 476 g/mol. The largest absolute Gasteiger partial charge is 0.478 e. The zero-order chi connectivity index (χ0) is 23.0. The normalized spacial score (nSPS) is 21.9. The van der Waals surface area contributed by atoms with Crippen LogP contribution in [0.25, 0.3) is 0 Å². The molecule has 1 aromatic carbocycles. The number of thioether (sulfide) groups is 1. The third-order valence-electron chi connectivity index (χ3n) is 4.78. The fraction of sp³-hybridized carbons (Fsp3) is 0.571. The number of hydrogen-bond donors (Lipinski definition) is 3. The Kier molecular flexibility index (Phi) is 10.7. The Hall–Kier alpha value is -1.17. The molecule has 0 bridgehead atoms. The minimum absolute atomic E-state index is 0.120. The number of carboxylic acid groups (broad SMARTS) is 1. The summed E-state index contributed by atoms with van der Waals surface area (Å²) in [5.41, 5.74) is 1.38. The van der Waals surface area contributed by atoms with Crippen LogP contribution in [0.2, 0.25) is 5.02 Å². The highest BCUT2D eigenvalue weighted by Gasteiger charge is 2.35. The van der Waals surface area contributed by atoms with Gasteiger partial charge in [0.2, 0.25) is 0 Å². The number of rotatable bonds is 11. The van der Waals surface area contributed by atoms with Gasteiger partial charge in [-0.15, -0.1) is 11.8 Å². The first-order chi connectivity index (χ1) is 14.7. The first kappa shape index (κ1) is 26.1. The number of aliphatic carboxylic acids is 1. The SMILES string of the molecule is COC(O)[C@H](c1ccccc1Cl)N1CC[C@@H](SCOC(O)OC(C)C)/C(=C/C(=O)O)C1. The summed E-state index contributed by atoms with van der Waals surface area (Å²) < 4.78 is 15.6. The fourth-order valence-corrected chi connectivity index (χ4v) is 4.67. The Balaban J connectivity index is 2.13. The van der Waals surface area contributed by atoms with Gasteiger partial charge in [-0.3, -0.25) is 4.90 Å². The molecule has 0 aliphatic carbocycles. The number of likely N-dealkylation sites (tertiary alicyclic amines) is 1. The lowest BCUT2D eigenvalue weighted by Crippen LogP contribution is -2.44. The zero-order valence-corrected chi connectivity index (χ0v) is 19.4. The van der Waals surface area contributed by atoms with E-state index in [4.69, 9.17) is 25.8 Å². The monoisotopic (exact) mass is 475 g/mol. The average Bonchev–Trinajstić information content (AvgIpc) is 2.70. The van der Waals surface area contributed by atoms with E-state index >= 15 is 0 Å². The molecule has 2 unspecified atom stereocenters. The van der Waals surface area contributed by atoms with E-state index in [0.29, 0.717) is 35.7 Å². The van der Waals surface area contributed by atoms with Gasteiger partial charge < -0.3 is 29.5 Å². The van der Waals surface area contributed by atoms with Crippen LogP contribution in [0, 0.1) is 0 Å². The number of hydrogen-bond acceptors (Lipinski definition) is 8. The molecule has 0 aromatic heterocycles. The highest BCUT2D eigenvalue weighted by Crippen LogP contribution is 2.36. The number of piperidine rings is 1. The lowest BCUT2D eigenvalue weighted by atomic mass is 9.97. The maximum absolute atomic E-state index is 11.4. The van der Waals surface area contributed by atoms with Crippen molar-refractivity contribution in [3.8, 4) is 0 Å². The van der Waals surface area contributed by atoms with E-state index in [0.717, 1.165) is 0 Å². The van der Waals surface area contributed by atoms with Crippen LogP contribution in [0.1, 0.15) is 31.9 Å². The molecule has 1 saturated heterocycles. The van der Waals surface area contributed by atoms with Crippen molar-refractivity contribution >= 4 is 29.3 Å². The Morgan fingerprint density at radius 2 is 2.06 bits per heavy atom. The molecule has 3 N–H and O–H groups in total. The molecule has 0 saturated carbocycles. The van der Waals surface area contributed by atoms with Gasteiger partial charge in [-0.2, -0.15) is 0 Å². The van der Waals surface area contributed by atoms with Crippen molar-refractivity contribution in [1.29, 1.82) is 0 Å². The quantitative estimate of drug-likeness (QED) is 0.328. The second-order valence-corrected chi connectivity index (χ2v) is 8.89. The summed E-state index contributed by atoms with van der Waals surface area (Å²) >= 11 is 7.75. The molecular formula is C21H30ClNO7S. The minimum atomic E-state index is -1.33. The Bertz CT molecular complexity index is 748. The Morgan fingerprint density at radius 1 is 1.35 bits per heavy atom. The molecule has 2 rings (SSSR count). The van der Waals surface area contributed by atoms with Gasteiger partial charge >= 0.3 is 5.97 Å². The van der Waals surface area contributed by atoms with Crippen LogP contribution in [-0.2, 0) is 19.0 Å². The Morgan fingerprint density at radius 3 is 2.68 bits per heavy atom. The predicted octanol–water partition coefficient (Wildman–Crippen LogP) is 2.84. The molecule has 0 spiro atoms. The standard InChI is InChI=1S/C21H30ClNO7S/c1-13(2)30-21(27)29-12-31-17-8-9-23(11-14(17)10-18(24)25)19(20(26)28-3)15-6-4-5-7-16(15)22/h4-7,10,13,17,19-21,26-27H,8-9,11-12H2,1-3H3,(H,24,25)/b14-10+/t17-,19+,20?,21?/m1/s1. The first-order valence-electron chi connectivity index (χ1n) is 9.92. The molecule has 0 radical (unpaired) electrons. The highest BCUT2D eigenvalue weighted by molar-refractivity contribution is 7.99. The van der Waals surface area contributed by atoms with Gasteiger partial charge in [0.25, 0.3) is 6.48 Å². The topological polar surface area (TPSA) is 109 Å². The van der Waals surface area contributed by atoms with Crippen LogP contribution in [0.4, 0.5) is 0 Å². The molecule has 1 aliphatic heterocycles. The fourth-order valence-electron chi connectivity index (χ4n) is 3.44. The number of carboxylic acids is 1. The molecule has 4 atom stereocenters. The Labute approximate surface area is 191 Å². The van der Waals surface area contributed by atoms with Crippen molar-refractivity contribution in [2.75, 3.05) is 26.1 Å². The second-order valence-electron chi connectivity index (χ2n) is 7.34. The van der Waals surface area contributed by atoms with Crippen molar-refractivity contribution in [3.63, 3.8) is 0 Å². The maximum atomic E-state index is 11.4. The molecule has 1 heterocycles. The van der Waals surface area contributed by atoms with E-state index in [9.17, 15) is 20.1 Å². The van der Waals surface area contributed by atoms with Crippen molar-refractivity contribution in [2.24, 2.45) is 0 Å². The summed E-state index contributed by atoms with van der Waals surface area (Å²) in [6.07, 6.45) is 0.487. The van der Waals surface area contributed by atoms with E-state index in [1.807, 2.05) is 17.0 Å². The van der Waals surface area contributed by atoms with Crippen LogP contribution in [0.3, 0.4) is 0 Å². The zero-order valence-electron chi connectivity index (χ0n) is 17.8. The van der Waals surface area contributed by atoms with Crippen molar-refractivity contribution in [2.45, 2.75) is 50.4 Å².